The molecule has 0 aromatic carbocycles. The molecule has 0 aromatic rings. The van der Waals surface area contributed by atoms with Gasteiger partial charge in [-0.1, -0.05) is 0 Å². The van der Waals surface area contributed by atoms with Gasteiger partial charge in [-0.15, -0.1) is 0 Å². The number of hydrogen-bond donors (Lipinski definition) is 1. The molecule has 0 unspecified atom stereocenters. The van der Waals surface area contributed by atoms with E-state index in [1.54, 1.807) is 0 Å². The van der Waals surface area contributed by atoms with Crippen LogP contribution >= 0.6 is 11.8 Å². The highest BCUT2D eigenvalue weighted by atomic mass is 32.2. The van der Waals surface area contributed by atoms with Crippen LogP contribution < -0.4 is 5.32 Å². The molecule has 0 saturated carbocycles. The second-order valence-corrected chi connectivity index (χ2v) is 4.21. The molecule has 0 spiro atoms. The summed E-state index contributed by atoms with van der Waals surface area (Å²) in [5.74, 6) is 2.64. The zero-order chi connectivity index (χ0) is 8.65. The largest absolute Gasteiger partial charge is 0.382 e. The lowest BCUT2D eigenvalue weighted by Crippen LogP contribution is -2.30. The minimum absolute atomic E-state index is 0.775. The van der Waals surface area contributed by atoms with Crippen molar-refractivity contribution < 1.29 is 4.74 Å². The van der Waals surface area contributed by atoms with E-state index in [-0.39, 0.29) is 0 Å². The van der Waals surface area contributed by atoms with Gasteiger partial charge in [-0.2, -0.15) is 11.8 Å². The first kappa shape index (κ1) is 10.4. The lowest BCUT2D eigenvalue weighted by atomic mass is 10.2. The molecule has 0 radical (unpaired) electrons. The summed E-state index contributed by atoms with van der Waals surface area (Å²) in [6.45, 7) is 4.91. The van der Waals surface area contributed by atoms with Crippen molar-refractivity contribution in [2.24, 2.45) is 0 Å². The van der Waals surface area contributed by atoms with Gasteiger partial charge in [-0.25, -0.2) is 0 Å². The Bertz CT molecular complexity index is 105. The van der Waals surface area contributed by atoms with Crippen molar-refractivity contribution in [2.45, 2.75) is 25.8 Å². The van der Waals surface area contributed by atoms with E-state index in [1.807, 2.05) is 6.92 Å². The Kier molecular flexibility index (Phi) is 5.82. The molecule has 12 heavy (non-hydrogen) atoms. The average Bonchev–Trinajstić information content (AvgIpc) is 2.57. The first-order valence-electron chi connectivity index (χ1n) is 4.82. The zero-order valence-corrected chi connectivity index (χ0v) is 8.66. The van der Waals surface area contributed by atoms with Gasteiger partial charge >= 0.3 is 0 Å². The van der Waals surface area contributed by atoms with Crippen LogP contribution in [-0.4, -0.2) is 37.3 Å². The van der Waals surface area contributed by atoms with Crippen molar-refractivity contribution in [2.75, 3.05) is 31.3 Å². The van der Waals surface area contributed by atoms with Crippen molar-refractivity contribution >= 4 is 11.8 Å². The maximum Gasteiger partial charge on any atom is 0.0477 e. The molecule has 72 valence electrons. The SMILES string of the molecule is CCOCCCN[C@H]1CCSC1. The van der Waals surface area contributed by atoms with Gasteiger partial charge in [0.2, 0.25) is 0 Å². The molecule has 1 N–H and O–H groups in total. The number of rotatable bonds is 6. The molecule has 0 amide bonds. The van der Waals surface area contributed by atoms with Gasteiger partial charge in [0.1, 0.15) is 0 Å². The second kappa shape index (κ2) is 6.75. The number of thioether (sulfide) groups is 1. The zero-order valence-electron chi connectivity index (χ0n) is 7.84. The van der Waals surface area contributed by atoms with Crippen molar-refractivity contribution in [1.29, 1.82) is 0 Å². The van der Waals surface area contributed by atoms with Crippen LogP contribution in [0.3, 0.4) is 0 Å². The number of nitrogens with one attached hydrogen (secondary N) is 1. The lowest BCUT2D eigenvalue weighted by molar-refractivity contribution is 0.144. The molecule has 0 aliphatic carbocycles. The molecule has 1 heterocycles. The number of ether oxygens (including phenoxy) is 1. The van der Waals surface area contributed by atoms with Gasteiger partial charge in [0.25, 0.3) is 0 Å². The van der Waals surface area contributed by atoms with Crippen LogP contribution in [0.5, 0.6) is 0 Å². The predicted molar refractivity (Wildman–Crippen MR) is 54.8 cm³/mol. The molecule has 1 atom stereocenters. The lowest BCUT2D eigenvalue weighted by Gasteiger charge is -2.10. The van der Waals surface area contributed by atoms with Crippen LogP contribution in [0.4, 0.5) is 0 Å². The Hall–Kier alpha value is 0.270. The fraction of sp³-hybridized carbons (Fsp3) is 1.00. The average molecular weight is 189 g/mol. The van der Waals surface area contributed by atoms with Crippen LogP contribution in [0, 0.1) is 0 Å². The van der Waals surface area contributed by atoms with Gasteiger partial charge in [0.05, 0.1) is 0 Å². The van der Waals surface area contributed by atoms with E-state index in [2.05, 4.69) is 17.1 Å². The van der Waals surface area contributed by atoms with Gasteiger partial charge in [-0.3, -0.25) is 0 Å². The highest BCUT2D eigenvalue weighted by Crippen LogP contribution is 2.16. The third-order valence-electron chi connectivity index (χ3n) is 2.03. The second-order valence-electron chi connectivity index (χ2n) is 3.07. The summed E-state index contributed by atoms with van der Waals surface area (Å²) in [6.07, 6.45) is 2.49. The summed E-state index contributed by atoms with van der Waals surface area (Å²) in [4.78, 5) is 0. The van der Waals surface area contributed by atoms with E-state index in [0.717, 1.165) is 32.2 Å². The van der Waals surface area contributed by atoms with Crippen molar-refractivity contribution in [3.8, 4) is 0 Å². The van der Waals surface area contributed by atoms with Crippen LogP contribution in [0.1, 0.15) is 19.8 Å². The third-order valence-corrected chi connectivity index (χ3v) is 3.19. The highest BCUT2D eigenvalue weighted by Gasteiger charge is 2.13. The van der Waals surface area contributed by atoms with Crippen molar-refractivity contribution in [3.05, 3.63) is 0 Å². The van der Waals surface area contributed by atoms with E-state index >= 15 is 0 Å². The van der Waals surface area contributed by atoms with Gasteiger partial charge in [0.15, 0.2) is 0 Å². The van der Waals surface area contributed by atoms with Crippen LogP contribution in [0.15, 0.2) is 0 Å². The molecule has 2 nitrogen and oxygen atoms in total. The Balaban J connectivity index is 1.81. The summed E-state index contributed by atoms with van der Waals surface area (Å²) >= 11 is 2.06. The van der Waals surface area contributed by atoms with E-state index in [4.69, 9.17) is 4.74 Å². The van der Waals surface area contributed by atoms with E-state index in [0.29, 0.717) is 0 Å². The summed E-state index contributed by atoms with van der Waals surface area (Å²) in [5.41, 5.74) is 0. The molecule has 1 saturated heterocycles. The third kappa shape index (κ3) is 4.33. The first-order chi connectivity index (χ1) is 5.93. The topological polar surface area (TPSA) is 21.3 Å². The molecule has 3 heteroatoms. The maximum atomic E-state index is 5.25. The van der Waals surface area contributed by atoms with Crippen LogP contribution in [0.2, 0.25) is 0 Å². The standard InChI is InChI=1S/C9H19NOS/c1-2-11-6-3-5-10-9-4-7-12-8-9/h9-10H,2-8H2,1H3/t9-/m0/s1. The Morgan fingerprint density at radius 2 is 2.50 bits per heavy atom. The maximum absolute atomic E-state index is 5.25. The summed E-state index contributed by atoms with van der Waals surface area (Å²) in [6, 6.07) is 0.775. The fourth-order valence-corrected chi connectivity index (χ4v) is 2.51. The quantitative estimate of drug-likeness (QED) is 0.640. The molecule has 1 aliphatic heterocycles. The molecular formula is C9H19NOS. The van der Waals surface area contributed by atoms with Gasteiger partial charge in [-0.05, 0) is 32.1 Å². The minimum Gasteiger partial charge on any atom is -0.382 e. The molecule has 1 rings (SSSR count). The predicted octanol–water partition coefficient (Wildman–Crippen LogP) is 1.51. The monoisotopic (exact) mass is 189 g/mol. The van der Waals surface area contributed by atoms with Crippen LogP contribution in [0.25, 0.3) is 0 Å². The van der Waals surface area contributed by atoms with E-state index in [9.17, 15) is 0 Å². The highest BCUT2D eigenvalue weighted by molar-refractivity contribution is 7.99. The Morgan fingerprint density at radius 1 is 1.58 bits per heavy atom. The normalized spacial score (nSPS) is 23.2. The van der Waals surface area contributed by atoms with Gasteiger partial charge < -0.3 is 10.1 Å². The molecular weight excluding hydrogens is 170 g/mol. The van der Waals surface area contributed by atoms with Gasteiger partial charge in [0, 0.05) is 25.0 Å². The Labute approximate surface area is 79.4 Å². The smallest absolute Gasteiger partial charge is 0.0477 e. The Morgan fingerprint density at radius 3 is 3.17 bits per heavy atom. The van der Waals surface area contributed by atoms with Crippen LogP contribution in [-0.2, 0) is 4.74 Å². The van der Waals surface area contributed by atoms with Crippen molar-refractivity contribution in [1.82, 2.24) is 5.32 Å². The minimum atomic E-state index is 0.775. The number of hydrogen-bond acceptors (Lipinski definition) is 3. The molecule has 0 bridgehead atoms. The molecule has 1 aliphatic rings. The van der Waals surface area contributed by atoms with Crippen molar-refractivity contribution in [3.63, 3.8) is 0 Å². The van der Waals surface area contributed by atoms with E-state index < -0.39 is 0 Å². The summed E-state index contributed by atoms with van der Waals surface area (Å²) in [5, 5.41) is 3.54. The first-order valence-corrected chi connectivity index (χ1v) is 5.98. The fourth-order valence-electron chi connectivity index (χ4n) is 1.32. The van der Waals surface area contributed by atoms with E-state index in [1.165, 1.54) is 17.9 Å². The molecule has 1 fully saturated rings. The summed E-state index contributed by atoms with van der Waals surface area (Å²) in [7, 11) is 0. The molecule has 0 aromatic heterocycles. The summed E-state index contributed by atoms with van der Waals surface area (Å²) < 4.78 is 5.25.